The van der Waals surface area contributed by atoms with Gasteiger partial charge in [0.1, 0.15) is 18.1 Å². The largest absolute Gasteiger partial charge is 0.481 e. The second-order valence-corrected chi connectivity index (χ2v) is 9.42. The van der Waals surface area contributed by atoms with Crippen molar-refractivity contribution < 1.29 is 34.2 Å². The zero-order chi connectivity index (χ0) is 29.3. The number of amides is 3. The summed E-state index contributed by atoms with van der Waals surface area (Å²) in [6, 6.07) is -4.49. The van der Waals surface area contributed by atoms with Gasteiger partial charge < -0.3 is 49.1 Å². The first-order chi connectivity index (χ1) is 17.8. The number of guanidine groups is 1. The monoisotopic (exact) mass is 544 g/mol. The predicted octanol–water partition coefficient (Wildman–Crippen LogP) is -2.05. The van der Waals surface area contributed by atoms with Gasteiger partial charge in [0.25, 0.3) is 0 Å². The Bertz CT molecular complexity index is 818. The molecule has 0 aliphatic heterocycles. The first-order valence-corrected chi connectivity index (χ1v) is 12.6. The molecule has 0 fully saturated rings. The van der Waals surface area contributed by atoms with Gasteiger partial charge in [-0.25, -0.2) is 4.79 Å². The van der Waals surface area contributed by atoms with E-state index >= 15 is 0 Å². The number of nitrogens with zero attached hydrogens (tertiary/aromatic N) is 1. The van der Waals surface area contributed by atoms with Crippen LogP contribution in [0.5, 0.6) is 0 Å². The van der Waals surface area contributed by atoms with E-state index in [2.05, 4.69) is 20.9 Å². The third-order valence-electron chi connectivity index (χ3n) is 5.49. The molecular weight excluding hydrogens is 500 g/mol. The topological polar surface area (TPSA) is 278 Å². The van der Waals surface area contributed by atoms with E-state index < -0.39 is 60.2 Å². The van der Waals surface area contributed by atoms with E-state index in [1.54, 1.807) is 0 Å². The molecule has 4 atom stereocenters. The number of carboxylic acids is 2. The molecule has 3 amide bonds. The highest BCUT2D eigenvalue weighted by atomic mass is 16.4. The summed E-state index contributed by atoms with van der Waals surface area (Å²) >= 11 is 0. The minimum Gasteiger partial charge on any atom is -0.481 e. The van der Waals surface area contributed by atoms with Crippen LogP contribution in [0.25, 0.3) is 0 Å². The van der Waals surface area contributed by atoms with Crippen LogP contribution in [0.15, 0.2) is 4.99 Å². The second kappa shape index (κ2) is 18.7. The van der Waals surface area contributed by atoms with Gasteiger partial charge in [0, 0.05) is 13.0 Å². The Morgan fingerprint density at radius 1 is 0.789 bits per heavy atom. The molecule has 0 aliphatic rings. The molecule has 0 aromatic carbocycles. The number of unbranched alkanes of at least 4 members (excludes halogenated alkanes) is 1. The fourth-order valence-electron chi connectivity index (χ4n) is 3.46. The zero-order valence-electron chi connectivity index (χ0n) is 22.2. The Kier molecular flexibility index (Phi) is 17.0. The third-order valence-corrected chi connectivity index (χ3v) is 5.49. The standard InChI is InChI=1S/C23H44N8O7/c1-13(2)12-17(21(36)30-16(22(37)38)8-9-18(32)33)31-20(35)15(7-3-4-10-24)29-19(34)14(25)6-5-11-28-23(26)27/h13-17H,3-12,24-25H2,1-2H3,(H,29,34)(H,30,36)(H,31,35)(H,32,33)(H,37,38)(H4,26,27,28). The van der Waals surface area contributed by atoms with Crippen LogP contribution in [0, 0.1) is 5.92 Å². The van der Waals surface area contributed by atoms with Crippen molar-refractivity contribution in [2.75, 3.05) is 13.1 Å². The predicted molar refractivity (Wildman–Crippen MR) is 141 cm³/mol. The molecule has 0 spiro atoms. The zero-order valence-corrected chi connectivity index (χ0v) is 22.2. The third kappa shape index (κ3) is 15.6. The molecule has 0 saturated heterocycles. The number of aliphatic carboxylic acids is 2. The van der Waals surface area contributed by atoms with Gasteiger partial charge in [-0.1, -0.05) is 13.8 Å². The summed E-state index contributed by atoms with van der Waals surface area (Å²) < 4.78 is 0. The summed E-state index contributed by atoms with van der Waals surface area (Å²) in [5, 5.41) is 25.7. The van der Waals surface area contributed by atoms with E-state index in [1.807, 2.05) is 13.8 Å². The molecule has 0 rings (SSSR count). The number of aliphatic imine (C=N–C) groups is 1. The highest BCUT2D eigenvalue weighted by Gasteiger charge is 2.30. The van der Waals surface area contributed by atoms with Crippen LogP contribution in [-0.4, -0.2) is 83.1 Å². The molecule has 0 saturated carbocycles. The fraction of sp³-hybridized carbons (Fsp3) is 0.739. The molecule has 15 nitrogen and oxygen atoms in total. The van der Waals surface area contributed by atoms with E-state index in [4.69, 9.17) is 28.0 Å². The Morgan fingerprint density at radius 3 is 1.89 bits per heavy atom. The van der Waals surface area contributed by atoms with Crippen LogP contribution in [0.1, 0.15) is 65.2 Å². The summed E-state index contributed by atoms with van der Waals surface area (Å²) in [5.41, 5.74) is 22.0. The number of hydrogen-bond donors (Lipinski definition) is 9. The van der Waals surface area contributed by atoms with Gasteiger partial charge in [-0.2, -0.15) is 0 Å². The number of carboxylic acid groups (broad SMARTS) is 2. The number of nitrogens with one attached hydrogen (secondary N) is 3. The molecule has 0 aromatic rings. The van der Waals surface area contributed by atoms with E-state index in [0.717, 1.165) is 0 Å². The summed E-state index contributed by atoms with van der Waals surface area (Å²) in [5.74, 6) is -4.70. The summed E-state index contributed by atoms with van der Waals surface area (Å²) in [7, 11) is 0. The molecule has 0 aliphatic carbocycles. The maximum absolute atomic E-state index is 13.1. The normalized spacial score (nSPS) is 14.0. The van der Waals surface area contributed by atoms with Gasteiger partial charge in [-0.05, 0) is 57.4 Å². The van der Waals surface area contributed by atoms with Crippen LogP contribution in [0.4, 0.5) is 0 Å². The fourth-order valence-corrected chi connectivity index (χ4v) is 3.46. The number of rotatable bonds is 20. The molecular formula is C23H44N8O7. The molecule has 38 heavy (non-hydrogen) atoms. The molecule has 0 radical (unpaired) electrons. The minimum atomic E-state index is -1.44. The SMILES string of the molecule is CC(C)CC(NC(=O)C(CCCCN)NC(=O)C(N)CCCN=C(N)N)C(=O)NC(CCC(=O)O)C(=O)O. The Balaban J connectivity index is 5.45. The van der Waals surface area contributed by atoms with Crippen LogP contribution in [-0.2, 0) is 24.0 Å². The lowest BCUT2D eigenvalue weighted by Gasteiger charge is -2.26. The van der Waals surface area contributed by atoms with Crippen LogP contribution < -0.4 is 38.9 Å². The van der Waals surface area contributed by atoms with Crippen molar-refractivity contribution in [3.63, 3.8) is 0 Å². The maximum Gasteiger partial charge on any atom is 0.326 e. The lowest BCUT2D eigenvalue weighted by molar-refractivity contribution is -0.143. The quantitative estimate of drug-likeness (QED) is 0.0456. The van der Waals surface area contributed by atoms with Crippen molar-refractivity contribution in [2.45, 2.75) is 89.4 Å². The van der Waals surface area contributed by atoms with E-state index in [9.17, 15) is 29.1 Å². The average molecular weight is 545 g/mol. The van der Waals surface area contributed by atoms with E-state index in [-0.39, 0.29) is 37.6 Å². The molecule has 218 valence electrons. The minimum absolute atomic E-state index is 0.0581. The molecule has 0 heterocycles. The van der Waals surface area contributed by atoms with Crippen molar-refractivity contribution in [1.29, 1.82) is 0 Å². The molecule has 15 heteroatoms. The van der Waals surface area contributed by atoms with Crippen molar-refractivity contribution in [3.05, 3.63) is 0 Å². The number of carbonyl (C=O) groups is 5. The lowest BCUT2D eigenvalue weighted by Crippen LogP contribution is -2.57. The Labute approximate surface area is 222 Å². The summed E-state index contributed by atoms with van der Waals surface area (Å²) in [6.45, 7) is 4.30. The van der Waals surface area contributed by atoms with Crippen LogP contribution in [0.3, 0.4) is 0 Å². The molecule has 13 N–H and O–H groups in total. The highest BCUT2D eigenvalue weighted by molar-refractivity contribution is 5.94. The van der Waals surface area contributed by atoms with Gasteiger partial charge in [0.15, 0.2) is 5.96 Å². The van der Waals surface area contributed by atoms with Crippen molar-refractivity contribution in [1.82, 2.24) is 16.0 Å². The highest BCUT2D eigenvalue weighted by Crippen LogP contribution is 2.09. The summed E-state index contributed by atoms with van der Waals surface area (Å²) in [6.07, 6.45) is 1.47. The summed E-state index contributed by atoms with van der Waals surface area (Å²) in [4.78, 5) is 64.8. The lowest BCUT2D eigenvalue weighted by atomic mass is 10.0. The maximum atomic E-state index is 13.1. The Morgan fingerprint density at radius 2 is 1.37 bits per heavy atom. The van der Waals surface area contributed by atoms with Gasteiger partial charge in [0.2, 0.25) is 17.7 Å². The molecule has 0 aromatic heterocycles. The van der Waals surface area contributed by atoms with Crippen molar-refractivity contribution >= 4 is 35.6 Å². The number of nitrogens with two attached hydrogens (primary N) is 4. The van der Waals surface area contributed by atoms with Gasteiger partial charge in [0.05, 0.1) is 6.04 Å². The van der Waals surface area contributed by atoms with Crippen molar-refractivity contribution in [3.8, 4) is 0 Å². The van der Waals surface area contributed by atoms with Crippen molar-refractivity contribution in [2.24, 2.45) is 33.8 Å². The first-order valence-electron chi connectivity index (χ1n) is 12.6. The van der Waals surface area contributed by atoms with Crippen LogP contribution in [0.2, 0.25) is 0 Å². The van der Waals surface area contributed by atoms with Crippen LogP contribution >= 0.6 is 0 Å². The first kappa shape index (κ1) is 34.5. The Hall–Kier alpha value is -3.46. The molecule has 0 bridgehead atoms. The number of carbonyl (C=O) groups excluding carboxylic acids is 3. The smallest absolute Gasteiger partial charge is 0.326 e. The second-order valence-electron chi connectivity index (χ2n) is 9.42. The number of hydrogen-bond acceptors (Lipinski definition) is 8. The molecule has 4 unspecified atom stereocenters. The van der Waals surface area contributed by atoms with Gasteiger partial charge in [-0.3, -0.25) is 24.2 Å². The van der Waals surface area contributed by atoms with E-state index in [1.165, 1.54) is 0 Å². The van der Waals surface area contributed by atoms with E-state index in [0.29, 0.717) is 32.4 Å². The average Bonchev–Trinajstić information content (AvgIpc) is 2.82. The van der Waals surface area contributed by atoms with Gasteiger partial charge in [-0.15, -0.1) is 0 Å². The van der Waals surface area contributed by atoms with Gasteiger partial charge >= 0.3 is 11.9 Å².